The molecule has 2 rings (SSSR count). The molecule has 0 bridgehead atoms. The van der Waals surface area contributed by atoms with Gasteiger partial charge in [0.05, 0.1) is 0 Å². The average molecular weight is 875 g/mol. The predicted molar refractivity (Wildman–Crippen MR) is 176 cm³/mol. The molecule has 0 radical (unpaired) electrons. The Hall–Kier alpha value is 1.34. The van der Waals surface area contributed by atoms with Gasteiger partial charge in [0.15, 0.2) is 0 Å². The van der Waals surface area contributed by atoms with Crippen LogP contribution in [0.5, 0.6) is 11.5 Å². The first-order valence-corrected chi connectivity index (χ1v) is 28.9. The Labute approximate surface area is 275 Å². The van der Waals surface area contributed by atoms with E-state index in [2.05, 4.69) is 27.7 Å². The first-order valence-electron chi connectivity index (χ1n) is 13.9. The summed E-state index contributed by atoms with van der Waals surface area (Å²) in [5.74, 6) is 1.10. The standard InChI is InChI=1S/2C6H3Cl3O.4C4H9.O.2Sn/c2*7-3-1-5(9)6(10)2-4(3)8;4*1-3-4-2;;;/h2*1-2,10H;4*1,3-4H2,2H3;;;/q;;;;;;;2*+1/p-2. The van der Waals surface area contributed by atoms with E-state index in [0.717, 1.165) is 69.1 Å². The van der Waals surface area contributed by atoms with E-state index in [1.807, 2.05) is 0 Å². The van der Waals surface area contributed by atoms with Crippen molar-refractivity contribution in [1.29, 1.82) is 0 Å². The maximum absolute atomic E-state index is 7.60. The fourth-order valence-electron chi connectivity index (χ4n) is 4.39. The number of hydrogen-bond acceptors (Lipinski definition) is 3. The van der Waals surface area contributed by atoms with E-state index in [0.29, 0.717) is 41.6 Å². The zero-order valence-corrected chi connectivity index (χ0v) is 33.5. The molecule has 39 heavy (non-hydrogen) atoms. The normalized spacial score (nSPS) is 12.2. The Bertz CT molecular complexity index is 959. The second-order valence-electron chi connectivity index (χ2n) is 9.94. The first kappa shape index (κ1) is 36.5. The number of benzene rings is 2. The van der Waals surface area contributed by atoms with Gasteiger partial charge in [0.25, 0.3) is 0 Å². The summed E-state index contributed by atoms with van der Waals surface area (Å²) in [7, 11) is 0. The minimum absolute atomic E-state index is 0.398. The van der Waals surface area contributed by atoms with Gasteiger partial charge < -0.3 is 0 Å². The predicted octanol–water partition coefficient (Wildman–Crippen LogP) is 13.2. The van der Waals surface area contributed by atoms with Gasteiger partial charge >= 0.3 is 278 Å². The summed E-state index contributed by atoms with van der Waals surface area (Å²) in [6.45, 7) is 8.77. The Morgan fingerprint density at radius 1 is 0.462 bits per heavy atom. The molecule has 0 fully saturated rings. The molecule has 11 heteroatoms. The summed E-state index contributed by atoms with van der Waals surface area (Å²) in [4.78, 5) is 0. The van der Waals surface area contributed by atoms with Crippen molar-refractivity contribution in [3.8, 4) is 11.5 Å². The van der Waals surface area contributed by atoms with Crippen LogP contribution in [0.4, 0.5) is 0 Å². The molecule has 0 amide bonds. The van der Waals surface area contributed by atoms with Gasteiger partial charge in [0.1, 0.15) is 0 Å². The monoisotopic (exact) mass is 874 g/mol. The summed E-state index contributed by atoms with van der Waals surface area (Å²) in [5.41, 5.74) is 0. The van der Waals surface area contributed by atoms with Crippen molar-refractivity contribution in [3.05, 3.63) is 54.4 Å². The Morgan fingerprint density at radius 2 is 0.744 bits per heavy atom. The van der Waals surface area contributed by atoms with Crippen molar-refractivity contribution in [2.24, 2.45) is 0 Å². The molecule has 0 unspecified atom stereocenters. The zero-order chi connectivity index (χ0) is 29.1. The molecule has 0 heterocycles. The SMILES string of the molecule is CCC[CH2][Sn]([CH2]CCC)([O]c1cc(Cl)c(Cl)cc1Cl)[O][Sn]([CH2]CCC)([CH2]CCC)[O]c1cc(Cl)c(Cl)cc1Cl. The summed E-state index contributed by atoms with van der Waals surface area (Å²) >= 11 is 30.8. The van der Waals surface area contributed by atoms with Crippen molar-refractivity contribution < 1.29 is 7.56 Å². The van der Waals surface area contributed by atoms with E-state index < -0.39 is 38.4 Å². The Kier molecular flexibility index (Phi) is 17.1. The van der Waals surface area contributed by atoms with E-state index in [4.69, 9.17) is 77.2 Å². The fraction of sp³-hybridized carbons (Fsp3) is 0.571. The molecule has 0 aliphatic carbocycles. The van der Waals surface area contributed by atoms with Gasteiger partial charge in [-0.25, -0.2) is 0 Å². The van der Waals surface area contributed by atoms with Crippen LogP contribution in [0.2, 0.25) is 47.9 Å². The van der Waals surface area contributed by atoms with Crippen LogP contribution in [0.3, 0.4) is 0 Å². The quantitative estimate of drug-likeness (QED) is 0.110. The van der Waals surface area contributed by atoms with Gasteiger partial charge in [-0.3, -0.25) is 0 Å². The molecule has 2 aromatic carbocycles. The molecule has 0 spiro atoms. The third kappa shape index (κ3) is 11.4. The second-order valence-corrected chi connectivity index (χ2v) is 34.1. The molecule has 0 atom stereocenters. The maximum atomic E-state index is 7.60. The van der Waals surface area contributed by atoms with E-state index in [1.165, 1.54) is 0 Å². The van der Waals surface area contributed by atoms with Gasteiger partial charge in [0.2, 0.25) is 0 Å². The van der Waals surface area contributed by atoms with Crippen LogP contribution in [0, 0.1) is 0 Å². The summed E-state index contributed by atoms with van der Waals surface area (Å²) in [5, 5.41) is 2.50. The molecule has 3 nitrogen and oxygen atoms in total. The third-order valence-electron chi connectivity index (χ3n) is 6.56. The molecule has 0 aromatic heterocycles. The van der Waals surface area contributed by atoms with Crippen molar-refractivity contribution in [3.63, 3.8) is 0 Å². The van der Waals surface area contributed by atoms with E-state index in [9.17, 15) is 0 Å². The molecule has 0 aliphatic rings. The number of halogens is 6. The van der Waals surface area contributed by atoms with Gasteiger partial charge in [-0.15, -0.1) is 0 Å². The second kappa shape index (κ2) is 18.2. The van der Waals surface area contributed by atoms with Gasteiger partial charge in [0, 0.05) is 0 Å². The molecule has 0 saturated carbocycles. The first-order chi connectivity index (χ1) is 18.5. The van der Waals surface area contributed by atoms with Gasteiger partial charge in [-0.1, -0.05) is 0 Å². The zero-order valence-electron chi connectivity index (χ0n) is 23.3. The molecular weight excluding hydrogens is 834 g/mol. The van der Waals surface area contributed by atoms with Crippen molar-refractivity contribution in [2.75, 3.05) is 0 Å². The van der Waals surface area contributed by atoms with Crippen LogP contribution in [-0.4, -0.2) is 38.4 Å². The molecule has 0 saturated heterocycles. The number of rotatable bonds is 18. The third-order valence-corrected chi connectivity index (χ3v) is 41.1. The topological polar surface area (TPSA) is 27.7 Å². The number of hydrogen-bond donors (Lipinski definition) is 0. The molecule has 220 valence electrons. The van der Waals surface area contributed by atoms with Crippen LogP contribution >= 0.6 is 69.6 Å². The average Bonchev–Trinajstić information content (AvgIpc) is 2.90. The molecule has 2 aromatic rings. The van der Waals surface area contributed by atoms with E-state index in [1.54, 1.807) is 24.3 Å². The summed E-state index contributed by atoms with van der Waals surface area (Å²) in [6, 6.07) is 6.75. The number of unbranched alkanes of at least 4 members (excludes halogenated alkanes) is 4. The summed E-state index contributed by atoms with van der Waals surface area (Å²) < 4.78 is 25.2. The Morgan fingerprint density at radius 3 is 1.03 bits per heavy atom. The molecule has 0 N–H and O–H groups in total. The van der Waals surface area contributed by atoms with Gasteiger partial charge in [-0.2, -0.15) is 0 Å². The van der Waals surface area contributed by atoms with Crippen molar-refractivity contribution >= 4 is 108 Å². The van der Waals surface area contributed by atoms with Gasteiger partial charge in [-0.05, 0) is 0 Å². The van der Waals surface area contributed by atoms with Crippen LogP contribution in [0.25, 0.3) is 0 Å². The fourth-order valence-corrected chi connectivity index (χ4v) is 47.7. The van der Waals surface area contributed by atoms with Crippen LogP contribution < -0.4 is 6.15 Å². The molecular formula is C28H40Cl6O3Sn2. The van der Waals surface area contributed by atoms with Crippen LogP contribution in [0.15, 0.2) is 24.3 Å². The van der Waals surface area contributed by atoms with Crippen LogP contribution in [0.1, 0.15) is 79.1 Å². The van der Waals surface area contributed by atoms with Crippen molar-refractivity contribution in [1.82, 2.24) is 0 Å². The Balaban J connectivity index is 2.68. The minimum atomic E-state index is -3.91. The van der Waals surface area contributed by atoms with Crippen LogP contribution in [-0.2, 0) is 1.41 Å². The summed E-state index contributed by atoms with van der Waals surface area (Å²) in [6.07, 6.45) is 8.20. The van der Waals surface area contributed by atoms with Crippen molar-refractivity contribution in [2.45, 2.75) is 96.8 Å². The van der Waals surface area contributed by atoms with E-state index >= 15 is 0 Å². The van der Waals surface area contributed by atoms with E-state index in [-0.39, 0.29) is 0 Å². The molecule has 0 aliphatic heterocycles.